The molecule has 1 aliphatic carbocycles. The number of halogens is 1. The van der Waals surface area contributed by atoms with Crippen LogP contribution in [0.1, 0.15) is 45.4 Å². The number of carbonyl (C=O) groups excluding carboxylic acids is 2. The highest BCUT2D eigenvalue weighted by molar-refractivity contribution is 7.16. The third kappa shape index (κ3) is 3.23. The van der Waals surface area contributed by atoms with Gasteiger partial charge in [-0.25, -0.2) is 9.78 Å². The molecule has 2 heterocycles. The molecule has 0 bridgehead atoms. The highest BCUT2D eigenvalue weighted by atomic mass is 35.5. The lowest BCUT2D eigenvalue weighted by atomic mass is 9.92. The summed E-state index contributed by atoms with van der Waals surface area (Å²) < 4.78 is 10.9. The van der Waals surface area contributed by atoms with Crippen molar-refractivity contribution < 1.29 is 19.1 Å². The normalized spacial score (nSPS) is 13.6. The van der Waals surface area contributed by atoms with E-state index < -0.39 is 5.97 Å². The van der Waals surface area contributed by atoms with Gasteiger partial charge in [-0.15, -0.1) is 0 Å². The van der Waals surface area contributed by atoms with Crippen molar-refractivity contribution in [2.45, 2.75) is 26.2 Å². The summed E-state index contributed by atoms with van der Waals surface area (Å²) in [6.45, 7) is 2.04. The third-order valence-corrected chi connectivity index (χ3v) is 4.77. The number of rotatable bonds is 4. The van der Waals surface area contributed by atoms with E-state index in [1.54, 1.807) is 19.1 Å². The van der Waals surface area contributed by atoms with Crippen LogP contribution in [0.5, 0.6) is 10.8 Å². The Balaban J connectivity index is 2.00. The van der Waals surface area contributed by atoms with Crippen molar-refractivity contribution in [3.8, 4) is 10.8 Å². The van der Waals surface area contributed by atoms with E-state index in [-0.39, 0.29) is 12.4 Å². The molecule has 0 N–H and O–H groups in total. The molecule has 0 atom stereocenters. The molecule has 0 amide bonds. The molecule has 0 saturated heterocycles. The fourth-order valence-corrected chi connectivity index (χ4v) is 3.72. The molecule has 0 aliphatic heterocycles. The zero-order valence-corrected chi connectivity index (χ0v) is 14.0. The molecule has 2 aromatic rings. The number of pyridine rings is 1. The summed E-state index contributed by atoms with van der Waals surface area (Å²) in [6, 6.07) is 3.27. The minimum atomic E-state index is -0.410. The Morgan fingerprint density at radius 2 is 2.22 bits per heavy atom. The fraction of sp³-hybridized carbons (Fsp3) is 0.312. The molecule has 1 aliphatic rings. The summed E-state index contributed by atoms with van der Waals surface area (Å²) in [5, 5.41) is 0.769. The van der Waals surface area contributed by atoms with E-state index in [9.17, 15) is 9.59 Å². The van der Waals surface area contributed by atoms with Crippen LogP contribution < -0.4 is 4.74 Å². The van der Waals surface area contributed by atoms with Crippen LogP contribution in [0.4, 0.5) is 0 Å². The number of carbonyl (C=O) groups is 2. The smallest absolute Gasteiger partial charge is 0.348 e. The van der Waals surface area contributed by atoms with E-state index in [4.69, 9.17) is 21.1 Å². The number of ether oxygens (including phenoxy) is 2. The van der Waals surface area contributed by atoms with E-state index in [0.717, 1.165) is 23.3 Å². The molecule has 2 aromatic heterocycles. The number of Topliss-reactive ketones (excluding diaryl/α,β-unsaturated/α-hetero) is 1. The van der Waals surface area contributed by atoms with Crippen LogP contribution >= 0.6 is 22.9 Å². The standard InChI is InChI=1S/C16H14ClNO4S/c1-2-21-15(20)14-10-4-3-5-11(19)13(10)16(23-14)22-9-6-7-12(17)18-8-9/h6-8H,2-5H2,1H3. The number of nitrogens with zero attached hydrogens (tertiary/aromatic N) is 1. The molecule has 120 valence electrons. The van der Waals surface area contributed by atoms with Crippen LogP contribution in [0.3, 0.4) is 0 Å². The lowest BCUT2D eigenvalue weighted by molar-refractivity contribution is 0.0531. The van der Waals surface area contributed by atoms with Crippen LogP contribution in [-0.2, 0) is 11.2 Å². The molecule has 0 radical (unpaired) electrons. The van der Waals surface area contributed by atoms with Gasteiger partial charge in [0, 0.05) is 6.42 Å². The van der Waals surface area contributed by atoms with E-state index in [2.05, 4.69) is 4.98 Å². The molecular formula is C16H14ClNO4S. The predicted octanol–water partition coefficient (Wildman–Crippen LogP) is 4.28. The van der Waals surface area contributed by atoms with Gasteiger partial charge in [0.2, 0.25) is 0 Å². The molecule has 3 rings (SSSR count). The maximum absolute atomic E-state index is 12.3. The first-order chi connectivity index (χ1) is 11.1. The Morgan fingerprint density at radius 3 is 2.91 bits per heavy atom. The summed E-state index contributed by atoms with van der Waals surface area (Å²) in [5.74, 6) is 0.0507. The summed E-state index contributed by atoms with van der Waals surface area (Å²) in [6.07, 6.45) is 3.35. The molecule has 23 heavy (non-hydrogen) atoms. The fourth-order valence-electron chi connectivity index (χ4n) is 2.48. The van der Waals surface area contributed by atoms with Gasteiger partial charge in [-0.2, -0.15) is 0 Å². The zero-order valence-electron chi connectivity index (χ0n) is 12.4. The van der Waals surface area contributed by atoms with E-state index >= 15 is 0 Å². The van der Waals surface area contributed by atoms with Crippen LogP contribution in [0.2, 0.25) is 5.15 Å². The minimum Gasteiger partial charge on any atom is -0.462 e. The van der Waals surface area contributed by atoms with Gasteiger partial charge in [0.1, 0.15) is 15.8 Å². The number of aromatic nitrogens is 1. The summed E-state index contributed by atoms with van der Waals surface area (Å²) in [5.41, 5.74) is 1.24. The minimum absolute atomic E-state index is 0.00466. The lowest BCUT2D eigenvalue weighted by Gasteiger charge is -2.13. The zero-order chi connectivity index (χ0) is 16.4. The monoisotopic (exact) mass is 351 g/mol. The van der Waals surface area contributed by atoms with Crippen LogP contribution in [0.15, 0.2) is 18.3 Å². The highest BCUT2D eigenvalue weighted by Crippen LogP contribution is 2.42. The van der Waals surface area contributed by atoms with Crippen LogP contribution in [-0.4, -0.2) is 23.3 Å². The van der Waals surface area contributed by atoms with E-state index in [0.29, 0.717) is 39.2 Å². The van der Waals surface area contributed by atoms with Crippen molar-refractivity contribution in [3.05, 3.63) is 39.5 Å². The second kappa shape index (κ2) is 6.68. The van der Waals surface area contributed by atoms with Gasteiger partial charge in [0.05, 0.1) is 18.4 Å². The predicted molar refractivity (Wildman–Crippen MR) is 86.9 cm³/mol. The van der Waals surface area contributed by atoms with Gasteiger partial charge in [-0.3, -0.25) is 4.79 Å². The van der Waals surface area contributed by atoms with Gasteiger partial charge in [-0.1, -0.05) is 22.9 Å². The number of esters is 1. The Bertz CT molecular complexity index is 754. The first-order valence-corrected chi connectivity index (χ1v) is 8.45. The second-order valence-electron chi connectivity index (χ2n) is 4.99. The first kappa shape index (κ1) is 16.0. The number of hydrogen-bond donors (Lipinski definition) is 0. The van der Waals surface area contributed by atoms with Crippen molar-refractivity contribution >= 4 is 34.7 Å². The van der Waals surface area contributed by atoms with Gasteiger partial charge in [0.15, 0.2) is 10.8 Å². The Labute approximate surface area is 142 Å². The molecule has 0 spiro atoms. The SMILES string of the molecule is CCOC(=O)c1sc(Oc2ccc(Cl)nc2)c2c1CCCC2=O. The Morgan fingerprint density at radius 1 is 1.39 bits per heavy atom. The number of hydrogen-bond acceptors (Lipinski definition) is 6. The average Bonchev–Trinajstić information content (AvgIpc) is 2.90. The Hall–Kier alpha value is -1.92. The first-order valence-electron chi connectivity index (χ1n) is 7.25. The molecule has 7 heteroatoms. The van der Waals surface area contributed by atoms with Crippen molar-refractivity contribution in [3.63, 3.8) is 0 Å². The third-order valence-electron chi connectivity index (χ3n) is 3.46. The van der Waals surface area contributed by atoms with Crippen molar-refractivity contribution in [1.29, 1.82) is 0 Å². The van der Waals surface area contributed by atoms with Crippen LogP contribution in [0, 0.1) is 0 Å². The molecule has 0 saturated carbocycles. The summed E-state index contributed by atoms with van der Waals surface area (Å²) in [4.78, 5) is 28.8. The van der Waals surface area contributed by atoms with Crippen LogP contribution in [0.25, 0.3) is 0 Å². The lowest BCUT2D eigenvalue weighted by Crippen LogP contribution is -2.13. The Kier molecular flexibility index (Phi) is 4.63. The summed E-state index contributed by atoms with van der Waals surface area (Å²) >= 11 is 6.90. The summed E-state index contributed by atoms with van der Waals surface area (Å²) in [7, 11) is 0. The van der Waals surface area contributed by atoms with E-state index in [1.165, 1.54) is 6.20 Å². The highest BCUT2D eigenvalue weighted by Gasteiger charge is 2.31. The number of fused-ring (bicyclic) bond motifs is 1. The quantitative estimate of drug-likeness (QED) is 0.607. The molecular weight excluding hydrogens is 338 g/mol. The van der Waals surface area contributed by atoms with Crippen molar-refractivity contribution in [2.75, 3.05) is 6.61 Å². The molecule has 0 aromatic carbocycles. The molecule has 0 fully saturated rings. The van der Waals surface area contributed by atoms with Gasteiger partial charge in [-0.05, 0) is 37.5 Å². The van der Waals surface area contributed by atoms with Gasteiger partial charge in [0.25, 0.3) is 0 Å². The van der Waals surface area contributed by atoms with Crippen molar-refractivity contribution in [1.82, 2.24) is 4.98 Å². The topological polar surface area (TPSA) is 65.5 Å². The van der Waals surface area contributed by atoms with Gasteiger partial charge < -0.3 is 9.47 Å². The second-order valence-corrected chi connectivity index (χ2v) is 6.36. The van der Waals surface area contributed by atoms with Crippen molar-refractivity contribution in [2.24, 2.45) is 0 Å². The number of thiophene rings is 1. The number of ketones is 1. The average molecular weight is 352 g/mol. The molecule has 0 unspecified atom stereocenters. The maximum Gasteiger partial charge on any atom is 0.348 e. The molecule has 5 nitrogen and oxygen atoms in total. The maximum atomic E-state index is 12.3. The largest absolute Gasteiger partial charge is 0.462 e. The van der Waals surface area contributed by atoms with Gasteiger partial charge >= 0.3 is 5.97 Å². The van der Waals surface area contributed by atoms with E-state index in [1.807, 2.05) is 0 Å².